The average Bonchev–Trinajstić information content (AvgIpc) is 3.17. The summed E-state index contributed by atoms with van der Waals surface area (Å²) >= 11 is 0. The van der Waals surface area contributed by atoms with Crippen molar-refractivity contribution in [3.63, 3.8) is 0 Å². The summed E-state index contributed by atoms with van der Waals surface area (Å²) in [5.41, 5.74) is 3.05. The molecule has 0 bridgehead atoms. The second-order valence-electron chi connectivity index (χ2n) is 6.99. The number of hydrogen-bond acceptors (Lipinski definition) is 6. The fourth-order valence-electron chi connectivity index (χ4n) is 3.91. The van der Waals surface area contributed by atoms with Crippen LogP contribution in [0.25, 0.3) is 11.1 Å². The summed E-state index contributed by atoms with van der Waals surface area (Å²) in [5, 5.41) is 9.09. The van der Waals surface area contributed by atoms with Crippen molar-refractivity contribution in [2.75, 3.05) is 30.5 Å². The van der Waals surface area contributed by atoms with Gasteiger partial charge in [0.15, 0.2) is 6.19 Å². The number of benzene rings is 2. The maximum absolute atomic E-state index is 11.0. The van der Waals surface area contributed by atoms with Crippen molar-refractivity contribution in [1.82, 2.24) is 9.21 Å². The fourth-order valence-corrected chi connectivity index (χ4v) is 5.89. The van der Waals surface area contributed by atoms with Crippen molar-refractivity contribution >= 4 is 16.6 Å². The van der Waals surface area contributed by atoms with E-state index < -0.39 is 11.0 Å². The number of anilines is 1. The van der Waals surface area contributed by atoms with Crippen LogP contribution < -0.4 is 4.31 Å². The molecule has 0 amide bonds. The van der Waals surface area contributed by atoms with Gasteiger partial charge >= 0.3 is 0 Å². The molecule has 1 unspecified atom stereocenters. The zero-order valence-corrected chi connectivity index (χ0v) is 15.9. The topological polar surface area (TPSA) is 74.0 Å². The molecule has 2 saturated heterocycles. The second-order valence-corrected chi connectivity index (χ2v) is 8.88. The van der Waals surface area contributed by atoms with Gasteiger partial charge < -0.3 is 4.90 Å². The lowest BCUT2D eigenvalue weighted by Gasteiger charge is -2.55. The molecule has 0 spiro atoms. The first-order valence-corrected chi connectivity index (χ1v) is 10.7. The second kappa shape index (κ2) is 7.41. The first-order chi connectivity index (χ1) is 13.1. The minimum absolute atomic E-state index is 0.000965. The third kappa shape index (κ3) is 3.49. The van der Waals surface area contributed by atoms with Crippen molar-refractivity contribution < 1.29 is 9.11 Å². The number of hydrogen-bond donors (Lipinski definition) is 2. The van der Waals surface area contributed by atoms with Gasteiger partial charge in [-0.2, -0.15) is 9.57 Å². The maximum Gasteiger partial charge on any atom is 0.179 e. The molecular formula is C20H24N4O2S. The van der Waals surface area contributed by atoms with E-state index in [4.69, 9.17) is 5.26 Å². The molecule has 2 aromatic carbocycles. The Bertz CT molecular complexity index is 822. The smallest absolute Gasteiger partial charge is 0.179 e. The Hall–Kier alpha value is -2.24. The van der Waals surface area contributed by atoms with Crippen LogP contribution in [0.1, 0.15) is 12.8 Å². The number of nitriles is 1. The van der Waals surface area contributed by atoms with Crippen molar-refractivity contribution in [3.05, 3.63) is 54.6 Å². The highest BCUT2D eigenvalue weighted by Gasteiger charge is 2.41. The lowest BCUT2D eigenvalue weighted by molar-refractivity contribution is 0.266. The van der Waals surface area contributed by atoms with E-state index in [9.17, 15) is 9.11 Å². The van der Waals surface area contributed by atoms with E-state index in [0.717, 1.165) is 29.7 Å². The Morgan fingerprint density at radius 3 is 2.30 bits per heavy atom. The van der Waals surface area contributed by atoms with Crippen LogP contribution in [0.15, 0.2) is 54.6 Å². The van der Waals surface area contributed by atoms with Gasteiger partial charge in [-0.05, 0) is 36.1 Å². The zero-order valence-electron chi connectivity index (χ0n) is 15.1. The lowest BCUT2D eigenvalue weighted by atomic mass is 10.1. The predicted octanol–water partition coefficient (Wildman–Crippen LogP) is 4.00. The summed E-state index contributed by atoms with van der Waals surface area (Å²) in [6.07, 6.45) is 3.81. The molecule has 4 rings (SSSR count). The van der Waals surface area contributed by atoms with E-state index in [0.29, 0.717) is 26.2 Å². The number of nitrogens with zero attached hydrogens (tertiary/aromatic N) is 4. The normalized spacial score (nSPS) is 23.8. The minimum Gasteiger partial charge on any atom is -0.309 e. The quantitative estimate of drug-likeness (QED) is 0.779. The first kappa shape index (κ1) is 18.1. The molecule has 142 valence electrons. The van der Waals surface area contributed by atoms with Gasteiger partial charge in [-0.15, -0.1) is 0 Å². The van der Waals surface area contributed by atoms with Gasteiger partial charge in [0, 0.05) is 26.2 Å². The lowest BCUT2D eigenvalue weighted by Crippen LogP contribution is -2.50. The van der Waals surface area contributed by atoms with Crippen molar-refractivity contribution in [2.24, 2.45) is 0 Å². The van der Waals surface area contributed by atoms with Crippen molar-refractivity contribution in [2.45, 2.75) is 18.9 Å². The molecule has 7 heteroatoms. The standard InChI is InChI=1S/C20H24N4O2S/c21-16-22-14-11-20(15-22)24-13-4-12-23(27(24,25)26)19-9-7-18(8-10-19)17-5-2-1-3-6-17/h1-3,5-10,20,25-26H,4,11-15H2. The Labute approximate surface area is 161 Å². The molecule has 1 atom stereocenters. The third-order valence-corrected chi connectivity index (χ3v) is 7.42. The zero-order chi connectivity index (χ0) is 18.9. The molecular weight excluding hydrogens is 360 g/mol. The molecule has 2 heterocycles. The highest BCUT2D eigenvalue weighted by atomic mass is 32.3. The third-order valence-electron chi connectivity index (χ3n) is 5.32. The van der Waals surface area contributed by atoms with E-state index in [1.807, 2.05) is 42.5 Å². The van der Waals surface area contributed by atoms with E-state index in [2.05, 4.69) is 18.3 Å². The molecule has 0 saturated carbocycles. The molecule has 0 radical (unpaired) electrons. The first-order valence-electron chi connectivity index (χ1n) is 9.22. The van der Waals surface area contributed by atoms with Crippen LogP contribution in [0.4, 0.5) is 5.69 Å². The summed E-state index contributed by atoms with van der Waals surface area (Å²) in [6, 6.07) is 18.1. The maximum atomic E-state index is 11.0. The summed E-state index contributed by atoms with van der Waals surface area (Å²) in [5.74, 6) is 0. The van der Waals surface area contributed by atoms with Crippen molar-refractivity contribution in [3.8, 4) is 17.3 Å². The molecule has 2 aliphatic heterocycles. The Morgan fingerprint density at radius 2 is 1.63 bits per heavy atom. The SMILES string of the molecule is N#CN1CCC(N2CCCN(c3ccc(-c4ccccc4)cc3)S2(O)O)C1. The Morgan fingerprint density at radius 1 is 0.926 bits per heavy atom. The monoisotopic (exact) mass is 384 g/mol. The molecule has 2 fully saturated rings. The molecule has 27 heavy (non-hydrogen) atoms. The highest BCUT2D eigenvalue weighted by Crippen LogP contribution is 2.53. The highest BCUT2D eigenvalue weighted by molar-refractivity contribution is 8.23. The summed E-state index contributed by atoms with van der Waals surface area (Å²) in [7, 11) is -3.08. The van der Waals surface area contributed by atoms with Crippen LogP contribution in [0.5, 0.6) is 0 Å². The van der Waals surface area contributed by atoms with Gasteiger partial charge in [-0.1, -0.05) is 53.4 Å². The van der Waals surface area contributed by atoms with Crippen LogP contribution in [0.2, 0.25) is 0 Å². The van der Waals surface area contributed by atoms with Crippen LogP contribution >= 0.6 is 11.0 Å². The van der Waals surface area contributed by atoms with Gasteiger partial charge in [0.1, 0.15) is 0 Å². The van der Waals surface area contributed by atoms with Crippen LogP contribution in [-0.2, 0) is 0 Å². The molecule has 0 aromatic heterocycles. The van der Waals surface area contributed by atoms with Crippen LogP contribution in [0.3, 0.4) is 0 Å². The van der Waals surface area contributed by atoms with Gasteiger partial charge in [0.05, 0.1) is 11.7 Å². The molecule has 0 aliphatic carbocycles. The predicted molar refractivity (Wildman–Crippen MR) is 109 cm³/mol. The average molecular weight is 385 g/mol. The molecule has 2 aromatic rings. The number of rotatable bonds is 3. The van der Waals surface area contributed by atoms with E-state index >= 15 is 0 Å². The summed E-state index contributed by atoms with van der Waals surface area (Å²) < 4.78 is 25.6. The van der Waals surface area contributed by atoms with E-state index in [1.165, 1.54) is 0 Å². The van der Waals surface area contributed by atoms with Crippen molar-refractivity contribution in [1.29, 1.82) is 5.26 Å². The summed E-state index contributed by atoms with van der Waals surface area (Å²) in [4.78, 5) is 1.69. The summed E-state index contributed by atoms with van der Waals surface area (Å²) in [6.45, 7) is 2.50. The van der Waals surface area contributed by atoms with Gasteiger partial charge in [0.2, 0.25) is 0 Å². The van der Waals surface area contributed by atoms with E-state index in [-0.39, 0.29) is 6.04 Å². The Balaban J connectivity index is 1.55. The molecule has 2 aliphatic rings. The van der Waals surface area contributed by atoms with Gasteiger partial charge in [-0.25, -0.2) is 0 Å². The van der Waals surface area contributed by atoms with Gasteiger partial charge in [0.25, 0.3) is 0 Å². The van der Waals surface area contributed by atoms with Crippen LogP contribution in [-0.4, -0.2) is 50.5 Å². The number of likely N-dealkylation sites (tertiary alicyclic amines) is 1. The molecule has 2 N–H and O–H groups in total. The molecule has 6 nitrogen and oxygen atoms in total. The van der Waals surface area contributed by atoms with E-state index in [1.54, 1.807) is 13.5 Å². The fraction of sp³-hybridized carbons (Fsp3) is 0.350. The largest absolute Gasteiger partial charge is 0.309 e. The minimum atomic E-state index is -3.08. The Kier molecular flexibility index (Phi) is 4.98. The van der Waals surface area contributed by atoms with Gasteiger partial charge in [-0.3, -0.25) is 13.4 Å². The van der Waals surface area contributed by atoms with Crippen LogP contribution in [0, 0.1) is 11.5 Å².